The maximum Gasteiger partial charge on any atom is 0.341 e. The molecule has 0 atom stereocenters. The number of carboxylic acids is 1. The summed E-state index contributed by atoms with van der Waals surface area (Å²) in [7, 11) is 4.14. The number of carbonyl (C=O) groups is 1. The van der Waals surface area contributed by atoms with Crippen LogP contribution in [-0.4, -0.2) is 63.7 Å². The minimum atomic E-state index is -1.29. The monoisotopic (exact) mass is 516 g/mol. The van der Waals surface area contributed by atoms with E-state index in [0.29, 0.717) is 35.4 Å². The van der Waals surface area contributed by atoms with Crippen molar-refractivity contribution in [2.75, 3.05) is 37.0 Å². The zero-order valence-corrected chi connectivity index (χ0v) is 21.2. The summed E-state index contributed by atoms with van der Waals surface area (Å²) >= 11 is 6.67. The van der Waals surface area contributed by atoms with Gasteiger partial charge in [0, 0.05) is 56.2 Å². The standard InChI is InChI=1S/C27H25ClN6O3/c1-31(2)19-13-33(14-19)25-4-3-18(10-30-25)34-15-21(27(36)37)26(35)20-7-22(28)24(8-23(20)34)32-11-16-5-6-29-9-17(16)12-32/h3-10,15,19H,11-14H2,1-2H3,(H,36,37). The molecule has 2 aliphatic heterocycles. The Bertz CT molecular complexity index is 1570. The molecule has 0 amide bonds. The van der Waals surface area contributed by atoms with Crippen LogP contribution in [0.15, 0.2) is 59.9 Å². The van der Waals surface area contributed by atoms with E-state index in [4.69, 9.17) is 11.6 Å². The van der Waals surface area contributed by atoms with Crippen molar-refractivity contribution >= 4 is 40.0 Å². The molecule has 0 radical (unpaired) electrons. The summed E-state index contributed by atoms with van der Waals surface area (Å²) in [5.41, 5.74) is 3.39. The molecular weight excluding hydrogens is 492 g/mol. The van der Waals surface area contributed by atoms with Crippen molar-refractivity contribution in [1.82, 2.24) is 19.4 Å². The van der Waals surface area contributed by atoms with E-state index in [1.807, 2.05) is 30.5 Å². The molecule has 0 unspecified atom stereocenters. The molecular formula is C27H25ClN6O3. The van der Waals surface area contributed by atoms with Crippen LogP contribution in [0.25, 0.3) is 16.6 Å². The van der Waals surface area contributed by atoms with E-state index in [-0.39, 0.29) is 10.9 Å². The highest BCUT2D eigenvalue weighted by Crippen LogP contribution is 2.36. The van der Waals surface area contributed by atoms with E-state index in [0.717, 1.165) is 30.2 Å². The summed E-state index contributed by atoms with van der Waals surface area (Å²) < 4.78 is 1.71. The lowest BCUT2D eigenvalue weighted by Crippen LogP contribution is -2.57. The zero-order chi connectivity index (χ0) is 25.8. The molecule has 1 saturated heterocycles. The fraction of sp³-hybridized carbons (Fsp3) is 0.259. The van der Waals surface area contributed by atoms with Crippen molar-refractivity contribution in [3.05, 3.63) is 87.1 Å². The Morgan fingerprint density at radius 3 is 2.54 bits per heavy atom. The number of aromatic nitrogens is 3. The second-order valence-corrected chi connectivity index (χ2v) is 10.2. The number of rotatable bonds is 5. The van der Waals surface area contributed by atoms with Crippen molar-refractivity contribution in [3.8, 4) is 5.69 Å². The molecule has 0 aliphatic carbocycles. The molecule has 1 aromatic carbocycles. The minimum Gasteiger partial charge on any atom is -0.477 e. The highest BCUT2D eigenvalue weighted by molar-refractivity contribution is 6.34. The quantitative estimate of drug-likeness (QED) is 0.431. The number of hydrogen-bond donors (Lipinski definition) is 1. The molecule has 188 valence electrons. The van der Waals surface area contributed by atoms with Gasteiger partial charge in [-0.2, -0.15) is 0 Å². The van der Waals surface area contributed by atoms with E-state index in [2.05, 4.69) is 38.8 Å². The number of nitrogens with zero attached hydrogens (tertiary/aromatic N) is 6. The van der Waals surface area contributed by atoms with Gasteiger partial charge in [-0.1, -0.05) is 11.6 Å². The Hall–Kier alpha value is -3.95. The Kier molecular flexibility index (Phi) is 5.62. The number of pyridine rings is 3. The highest BCUT2D eigenvalue weighted by atomic mass is 35.5. The largest absolute Gasteiger partial charge is 0.477 e. The second-order valence-electron chi connectivity index (χ2n) is 9.77. The normalized spacial score (nSPS) is 15.4. The number of likely N-dealkylation sites (N-methyl/N-ethyl adjacent to an activating group) is 1. The molecule has 6 rings (SSSR count). The average molecular weight is 517 g/mol. The Balaban J connectivity index is 1.43. The first kappa shape index (κ1) is 23.4. The van der Waals surface area contributed by atoms with Gasteiger partial charge in [0.1, 0.15) is 11.4 Å². The van der Waals surface area contributed by atoms with Crippen LogP contribution in [0.5, 0.6) is 0 Å². The molecule has 10 heteroatoms. The van der Waals surface area contributed by atoms with Crippen LogP contribution in [0.3, 0.4) is 0 Å². The van der Waals surface area contributed by atoms with Crippen LogP contribution in [0.2, 0.25) is 5.02 Å². The number of carboxylic acid groups (broad SMARTS) is 1. The molecule has 0 saturated carbocycles. The van der Waals surface area contributed by atoms with Gasteiger partial charge in [-0.25, -0.2) is 9.78 Å². The molecule has 4 aromatic rings. The Morgan fingerprint density at radius 1 is 1.08 bits per heavy atom. The molecule has 37 heavy (non-hydrogen) atoms. The molecule has 9 nitrogen and oxygen atoms in total. The van der Waals surface area contributed by atoms with Gasteiger partial charge in [-0.05, 0) is 55.6 Å². The van der Waals surface area contributed by atoms with E-state index in [1.165, 1.54) is 11.8 Å². The van der Waals surface area contributed by atoms with Crippen molar-refractivity contribution in [3.63, 3.8) is 0 Å². The topological polar surface area (TPSA) is 94.8 Å². The number of hydrogen-bond acceptors (Lipinski definition) is 7. The minimum absolute atomic E-state index is 0.243. The molecule has 0 bridgehead atoms. The fourth-order valence-corrected chi connectivity index (χ4v) is 5.29. The van der Waals surface area contributed by atoms with Crippen molar-refractivity contribution in [2.45, 2.75) is 19.1 Å². The van der Waals surface area contributed by atoms with Gasteiger partial charge in [-0.3, -0.25) is 9.78 Å². The zero-order valence-electron chi connectivity index (χ0n) is 20.4. The van der Waals surface area contributed by atoms with Gasteiger partial charge in [0.15, 0.2) is 0 Å². The van der Waals surface area contributed by atoms with Gasteiger partial charge in [0.25, 0.3) is 0 Å². The van der Waals surface area contributed by atoms with Crippen LogP contribution in [0.4, 0.5) is 11.5 Å². The molecule has 1 N–H and O–H groups in total. The second kappa shape index (κ2) is 8.86. The highest BCUT2D eigenvalue weighted by Gasteiger charge is 2.29. The van der Waals surface area contributed by atoms with Crippen LogP contribution in [0, 0.1) is 0 Å². The average Bonchev–Trinajstić information content (AvgIpc) is 3.27. The van der Waals surface area contributed by atoms with Crippen LogP contribution < -0.4 is 15.2 Å². The summed E-state index contributed by atoms with van der Waals surface area (Å²) in [6.45, 7) is 3.12. The van der Waals surface area contributed by atoms with Gasteiger partial charge in [-0.15, -0.1) is 0 Å². The summed E-state index contributed by atoms with van der Waals surface area (Å²) in [6, 6.07) is 9.74. The first-order valence-corrected chi connectivity index (χ1v) is 12.3. The van der Waals surface area contributed by atoms with Crippen molar-refractivity contribution in [2.24, 2.45) is 0 Å². The Morgan fingerprint density at radius 2 is 1.86 bits per heavy atom. The summed E-state index contributed by atoms with van der Waals surface area (Å²) in [4.78, 5) is 40.4. The van der Waals surface area contributed by atoms with Gasteiger partial charge in [0.2, 0.25) is 5.43 Å². The molecule has 3 aromatic heterocycles. The van der Waals surface area contributed by atoms with Crippen LogP contribution >= 0.6 is 11.6 Å². The van der Waals surface area contributed by atoms with E-state index in [1.54, 1.807) is 23.0 Å². The maximum atomic E-state index is 13.1. The lowest BCUT2D eigenvalue weighted by molar-refractivity contribution is 0.0695. The maximum absolute atomic E-state index is 13.1. The smallest absolute Gasteiger partial charge is 0.341 e. The number of anilines is 2. The first-order valence-electron chi connectivity index (χ1n) is 12.0. The number of aromatic carboxylic acids is 1. The third kappa shape index (κ3) is 4.00. The van der Waals surface area contributed by atoms with Crippen molar-refractivity contribution < 1.29 is 9.90 Å². The summed E-state index contributed by atoms with van der Waals surface area (Å²) in [5, 5.41) is 10.4. The van der Waals surface area contributed by atoms with Crippen LogP contribution in [0.1, 0.15) is 21.5 Å². The SMILES string of the molecule is CN(C)C1CN(c2ccc(-n3cc(C(=O)O)c(=O)c4cc(Cl)c(N5Cc6ccncc6C5)cc43)cn2)C1. The Labute approximate surface area is 218 Å². The lowest BCUT2D eigenvalue weighted by Gasteiger charge is -2.43. The van der Waals surface area contributed by atoms with E-state index in [9.17, 15) is 14.7 Å². The third-order valence-electron chi connectivity index (χ3n) is 7.30. The van der Waals surface area contributed by atoms with E-state index >= 15 is 0 Å². The fourth-order valence-electron chi connectivity index (χ4n) is 5.01. The number of halogens is 1. The molecule has 5 heterocycles. The molecule has 2 aliphatic rings. The van der Waals surface area contributed by atoms with E-state index < -0.39 is 11.4 Å². The van der Waals surface area contributed by atoms with Gasteiger partial charge in [0.05, 0.1) is 28.1 Å². The first-order chi connectivity index (χ1) is 17.8. The van der Waals surface area contributed by atoms with Crippen LogP contribution in [-0.2, 0) is 13.1 Å². The van der Waals surface area contributed by atoms with Gasteiger partial charge < -0.3 is 24.4 Å². The number of benzene rings is 1. The summed E-state index contributed by atoms with van der Waals surface area (Å²) in [6.07, 6.45) is 6.70. The lowest BCUT2D eigenvalue weighted by atomic mass is 10.1. The predicted molar refractivity (Wildman–Crippen MR) is 143 cm³/mol. The third-order valence-corrected chi connectivity index (χ3v) is 7.60. The van der Waals surface area contributed by atoms with Crippen molar-refractivity contribution in [1.29, 1.82) is 0 Å². The predicted octanol–water partition coefficient (Wildman–Crippen LogP) is 3.40. The van der Waals surface area contributed by atoms with Gasteiger partial charge >= 0.3 is 5.97 Å². The number of fused-ring (bicyclic) bond motifs is 2. The molecule has 1 fully saturated rings. The summed E-state index contributed by atoms with van der Waals surface area (Å²) in [5.74, 6) is -0.430. The molecule has 0 spiro atoms.